The summed E-state index contributed by atoms with van der Waals surface area (Å²) in [5, 5.41) is 15.6. The van der Waals surface area contributed by atoms with Crippen LogP contribution in [-0.4, -0.2) is 35.6 Å². The van der Waals surface area contributed by atoms with Crippen LogP contribution in [0.5, 0.6) is 0 Å². The Morgan fingerprint density at radius 2 is 1.34 bits per heavy atom. The van der Waals surface area contributed by atoms with Gasteiger partial charge >= 0.3 is 5.97 Å². The number of anilines is 5. The molecule has 0 amide bonds. The molecule has 0 spiro atoms. The van der Waals surface area contributed by atoms with E-state index in [2.05, 4.69) is 10.6 Å². The van der Waals surface area contributed by atoms with Gasteiger partial charge in [-0.25, -0.2) is 13.2 Å². The zero-order valence-electron chi connectivity index (χ0n) is 19.4. The van der Waals surface area contributed by atoms with Gasteiger partial charge in [0.1, 0.15) is 10.1 Å². The molecule has 0 atom stereocenters. The Bertz CT molecular complexity index is 1770. The van der Waals surface area contributed by atoms with Crippen LogP contribution in [0.2, 0.25) is 0 Å². The molecule has 0 fully saturated rings. The number of carbonyl (C=O) groups is 3. The zero-order valence-corrected chi connectivity index (χ0v) is 20.2. The monoisotopic (exact) mass is 528 g/mol. The van der Waals surface area contributed by atoms with Gasteiger partial charge in [-0.3, -0.25) is 9.59 Å². The minimum Gasteiger partial charge on any atom is -0.744 e. The van der Waals surface area contributed by atoms with E-state index in [1.807, 2.05) is 6.07 Å². The molecule has 0 aliphatic heterocycles. The van der Waals surface area contributed by atoms with Crippen molar-refractivity contribution in [3.05, 3.63) is 107 Å². The third kappa shape index (κ3) is 4.25. The second-order valence-electron chi connectivity index (χ2n) is 8.43. The van der Waals surface area contributed by atoms with E-state index in [1.54, 1.807) is 30.3 Å². The van der Waals surface area contributed by atoms with Crippen molar-refractivity contribution in [1.82, 2.24) is 0 Å². The highest BCUT2D eigenvalue weighted by Gasteiger charge is 2.35. The number of benzene rings is 4. The lowest BCUT2D eigenvalue weighted by atomic mass is 9.82. The van der Waals surface area contributed by atoms with Gasteiger partial charge in [-0.15, -0.1) is 0 Å². The Labute approximate surface area is 216 Å². The van der Waals surface area contributed by atoms with E-state index in [1.165, 1.54) is 36.4 Å². The van der Waals surface area contributed by atoms with Crippen molar-refractivity contribution < 1.29 is 32.5 Å². The summed E-state index contributed by atoms with van der Waals surface area (Å²) >= 11 is 0. The van der Waals surface area contributed by atoms with E-state index >= 15 is 0 Å². The quantitative estimate of drug-likeness (QED) is 0.185. The van der Waals surface area contributed by atoms with Crippen LogP contribution >= 0.6 is 0 Å². The molecule has 0 unspecified atom stereocenters. The summed E-state index contributed by atoms with van der Waals surface area (Å²) in [6, 6.07) is 20.0. The molecule has 0 heterocycles. The van der Waals surface area contributed by atoms with Gasteiger partial charge in [0.25, 0.3) is 0 Å². The lowest BCUT2D eigenvalue weighted by molar-refractivity contribution is 0.0697. The van der Waals surface area contributed by atoms with Gasteiger partial charge in [0.05, 0.1) is 38.6 Å². The predicted octanol–water partition coefficient (Wildman–Crippen LogP) is 4.13. The van der Waals surface area contributed by atoms with Crippen LogP contribution in [0.3, 0.4) is 0 Å². The minimum atomic E-state index is -5.15. The number of hydrogen-bond acceptors (Lipinski definition) is 9. The number of aromatic carboxylic acids is 1. The van der Waals surface area contributed by atoms with Gasteiger partial charge in [-0.2, -0.15) is 0 Å². The summed E-state index contributed by atoms with van der Waals surface area (Å²) in [6.45, 7) is 0. The number of carboxylic acid groups (broad SMARTS) is 1. The second-order valence-corrected chi connectivity index (χ2v) is 9.77. The van der Waals surface area contributed by atoms with E-state index in [0.717, 1.165) is 6.07 Å². The number of carboxylic acids is 1. The Balaban J connectivity index is 1.65. The molecule has 5 rings (SSSR count). The first-order valence-corrected chi connectivity index (χ1v) is 12.5. The number of nitrogens with two attached hydrogens (primary N) is 1. The number of rotatable bonds is 6. The SMILES string of the molecule is Nc1c(S(=O)(=O)[O-])cc(Nc2ccc(Nc3ccccc3)c(C(=O)O)c2)c2c1C(=O)c1ccccc1C2=O. The maximum Gasteiger partial charge on any atom is 0.337 e. The largest absolute Gasteiger partial charge is 0.744 e. The van der Waals surface area contributed by atoms with Gasteiger partial charge in [-0.05, 0) is 36.4 Å². The molecule has 0 aromatic heterocycles. The summed E-state index contributed by atoms with van der Waals surface area (Å²) < 4.78 is 36.0. The summed E-state index contributed by atoms with van der Waals surface area (Å²) in [4.78, 5) is 37.8. The summed E-state index contributed by atoms with van der Waals surface area (Å²) in [5.41, 5.74) is 5.57. The number of para-hydroxylation sites is 1. The molecular formula is C27H18N3O7S-. The number of nitrogen functional groups attached to an aromatic ring is 1. The Hall–Kier alpha value is -5.00. The van der Waals surface area contributed by atoms with Crippen molar-refractivity contribution in [2.75, 3.05) is 16.4 Å². The number of fused-ring (bicyclic) bond motifs is 2. The molecule has 11 heteroatoms. The van der Waals surface area contributed by atoms with E-state index in [-0.39, 0.29) is 39.3 Å². The average Bonchev–Trinajstić information content (AvgIpc) is 2.88. The molecular weight excluding hydrogens is 510 g/mol. The number of carbonyl (C=O) groups excluding carboxylic acids is 2. The predicted molar refractivity (Wildman–Crippen MR) is 139 cm³/mol. The maximum atomic E-state index is 13.4. The van der Waals surface area contributed by atoms with Crippen LogP contribution in [0.4, 0.5) is 28.4 Å². The minimum absolute atomic E-state index is 0.0209. The summed E-state index contributed by atoms with van der Waals surface area (Å²) in [5.74, 6) is -2.58. The lowest BCUT2D eigenvalue weighted by Crippen LogP contribution is -2.25. The van der Waals surface area contributed by atoms with Crippen molar-refractivity contribution >= 4 is 56.1 Å². The first-order valence-electron chi connectivity index (χ1n) is 11.1. The van der Waals surface area contributed by atoms with Crippen molar-refractivity contribution in [2.45, 2.75) is 4.90 Å². The molecule has 4 aromatic rings. The van der Waals surface area contributed by atoms with Crippen LogP contribution in [-0.2, 0) is 10.1 Å². The van der Waals surface area contributed by atoms with Gasteiger partial charge in [0, 0.05) is 22.5 Å². The molecule has 0 bridgehead atoms. The number of hydrogen-bond donors (Lipinski definition) is 4. The molecule has 0 saturated carbocycles. The molecule has 4 aromatic carbocycles. The standard InChI is InChI=1S/C27H19N3O7S/c28-24-21(38(35,36)37)13-20(22-23(24)26(32)17-9-5-4-8-16(17)25(22)31)30-15-10-11-19(18(12-15)27(33)34)29-14-6-2-1-3-7-14/h1-13,29-30H,28H2,(H,33,34)(H,35,36,37)/p-1. The van der Waals surface area contributed by atoms with Gasteiger partial charge in [0.15, 0.2) is 11.6 Å². The first kappa shape index (κ1) is 24.7. The number of ketones is 2. The fraction of sp³-hybridized carbons (Fsp3) is 0. The summed E-state index contributed by atoms with van der Waals surface area (Å²) in [7, 11) is -5.15. The van der Waals surface area contributed by atoms with Crippen LogP contribution < -0.4 is 16.4 Å². The fourth-order valence-corrected chi connectivity index (χ4v) is 4.97. The van der Waals surface area contributed by atoms with Crippen molar-refractivity contribution in [3.63, 3.8) is 0 Å². The molecule has 0 radical (unpaired) electrons. The average molecular weight is 529 g/mol. The highest BCUT2D eigenvalue weighted by Crippen LogP contribution is 2.40. The van der Waals surface area contributed by atoms with Crippen LogP contribution in [0.1, 0.15) is 42.2 Å². The second kappa shape index (κ2) is 9.14. The van der Waals surface area contributed by atoms with Gasteiger partial charge < -0.3 is 26.0 Å². The molecule has 38 heavy (non-hydrogen) atoms. The first-order chi connectivity index (χ1) is 18.1. The molecule has 190 valence electrons. The molecule has 10 nitrogen and oxygen atoms in total. The normalized spacial score (nSPS) is 12.4. The Morgan fingerprint density at radius 3 is 1.95 bits per heavy atom. The Morgan fingerprint density at radius 1 is 0.763 bits per heavy atom. The molecule has 1 aliphatic carbocycles. The van der Waals surface area contributed by atoms with Crippen molar-refractivity contribution in [1.29, 1.82) is 0 Å². The summed E-state index contributed by atoms with van der Waals surface area (Å²) in [6.07, 6.45) is 0. The lowest BCUT2D eigenvalue weighted by Gasteiger charge is -2.25. The van der Waals surface area contributed by atoms with Gasteiger partial charge in [-0.1, -0.05) is 42.5 Å². The molecule has 5 N–H and O–H groups in total. The Kier molecular flexibility index (Phi) is 5.94. The smallest absolute Gasteiger partial charge is 0.337 e. The van der Waals surface area contributed by atoms with Crippen LogP contribution in [0.15, 0.2) is 83.8 Å². The number of nitrogens with one attached hydrogen (secondary N) is 2. The van der Waals surface area contributed by atoms with E-state index < -0.39 is 43.8 Å². The highest BCUT2D eigenvalue weighted by molar-refractivity contribution is 7.86. The van der Waals surface area contributed by atoms with Crippen molar-refractivity contribution in [3.8, 4) is 0 Å². The van der Waals surface area contributed by atoms with Crippen LogP contribution in [0, 0.1) is 0 Å². The van der Waals surface area contributed by atoms with Gasteiger partial charge in [0.2, 0.25) is 0 Å². The maximum absolute atomic E-state index is 13.4. The van der Waals surface area contributed by atoms with E-state index in [9.17, 15) is 32.5 Å². The molecule has 1 aliphatic rings. The zero-order chi connectivity index (χ0) is 27.2. The third-order valence-corrected chi connectivity index (χ3v) is 6.93. The van der Waals surface area contributed by atoms with Crippen LogP contribution in [0.25, 0.3) is 0 Å². The van der Waals surface area contributed by atoms with E-state index in [4.69, 9.17) is 5.73 Å². The third-order valence-electron chi connectivity index (χ3n) is 6.05. The molecule has 0 saturated heterocycles. The van der Waals surface area contributed by atoms with E-state index in [0.29, 0.717) is 5.69 Å². The topological polar surface area (TPSA) is 179 Å². The fourth-order valence-electron chi connectivity index (χ4n) is 4.34. The van der Waals surface area contributed by atoms with Crippen molar-refractivity contribution in [2.24, 2.45) is 0 Å². The highest BCUT2D eigenvalue weighted by atomic mass is 32.2.